The van der Waals surface area contributed by atoms with E-state index >= 15 is 0 Å². The third-order valence-corrected chi connectivity index (χ3v) is 4.95. The van der Waals surface area contributed by atoms with Gasteiger partial charge < -0.3 is 5.32 Å². The quantitative estimate of drug-likeness (QED) is 0.696. The molecule has 0 unspecified atom stereocenters. The summed E-state index contributed by atoms with van der Waals surface area (Å²) in [4.78, 5) is 25.0. The largest absolute Gasteiger partial charge is 0.349 e. The summed E-state index contributed by atoms with van der Waals surface area (Å²) in [6, 6.07) is 5.31. The molecule has 1 aromatic carbocycles. The lowest BCUT2D eigenvalue weighted by molar-refractivity contribution is 0.0938. The van der Waals surface area contributed by atoms with Crippen molar-refractivity contribution in [1.29, 1.82) is 0 Å². The molecule has 4 rings (SSSR count). The Hall–Kier alpha value is -2.48. The van der Waals surface area contributed by atoms with Gasteiger partial charge in [-0.2, -0.15) is 0 Å². The molecule has 3 aromatic rings. The van der Waals surface area contributed by atoms with Crippen LogP contribution in [0.15, 0.2) is 23.0 Å². The molecule has 8 heteroatoms. The second kappa shape index (κ2) is 5.55. The SMILES string of the molecule is Cn1c(=O)c2ccc(C(=O)NC3CCCC3)cc2n2c(=S)[nH]nc12. The van der Waals surface area contributed by atoms with E-state index in [0.29, 0.717) is 27.0 Å². The maximum Gasteiger partial charge on any atom is 0.262 e. The number of nitrogens with zero attached hydrogens (tertiary/aromatic N) is 3. The predicted molar refractivity (Wildman–Crippen MR) is 92.8 cm³/mol. The number of nitrogens with one attached hydrogen (secondary N) is 2. The van der Waals surface area contributed by atoms with E-state index in [1.165, 1.54) is 4.57 Å². The Morgan fingerprint density at radius 3 is 2.88 bits per heavy atom. The number of carbonyl (C=O) groups excluding carboxylic acids is 1. The fourth-order valence-electron chi connectivity index (χ4n) is 3.38. The van der Waals surface area contributed by atoms with Crippen molar-refractivity contribution in [1.82, 2.24) is 24.5 Å². The molecule has 1 aliphatic rings. The van der Waals surface area contributed by atoms with Gasteiger partial charge in [-0.25, -0.2) is 5.10 Å². The molecule has 2 aromatic heterocycles. The molecule has 2 heterocycles. The summed E-state index contributed by atoms with van der Waals surface area (Å²) in [7, 11) is 1.65. The van der Waals surface area contributed by atoms with Crippen molar-refractivity contribution in [3.8, 4) is 0 Å². The van der Waals surface area contributed by atoms with Crippen molar-refractivity contribution < 1.29 is 4.79 Å². The van der Waals surface area contributed by atoms with Crippen LogP contribution in [0.2, 0.25) is 0 Å². The Balaban J connectivity index is 1.88. The monoisotopic (exact) mass is 343 g/mol. The van der Waals surface area contributed by atoms with Crippen molar-refractivity contribution in [2.24, 2.45) is 7.05 Å². The molecule has 1 saturated carbocycles. The number of carbonyl (C=O) groups is 1. The van der Waals surface area contributed by atoms with E-state index in [1.807, 2.05) is 0 Å². The summed E-state index contributed by atoms with van der Waals surface area (Å²) >= 11 is 5.27. The molecule has 0 radical (unpaired) electrons. The fraction of sp³-hybridized carbons (Fsp3) is 0.375. The van der Waals surface area contributed by atoms with E-state index in [2.05, 4.69) is 15.5 Å². The standard InChI is InChI=1S/C16H17N5O2S/c1-20-14(23)11-7-6-9(13(22)17-10-4-2-3-5-10)8-12(11)21-15(20)18-19-16(21)24/h6-8,10H,2-5H2,1H3,(H,17,22)(H,19,24). The lowest BCUT2D eigenvalue weighted by Crippen LogP contribution is -2.32. The van der Waals surface area contributed by atoms with Gasteiger partial charge >= 0.3 is 0 Å². The normalized spacial score (nSPS) is 15.4. The van der Waals surface area contributed by atoms with Crippen molar-refractivity contribution >= 4 is 34.8 Å². The molecule has 0 saturated heterocycles. The maximum atomic E-state index is 12.5. The highest BCUT2D eigenvalue weighted by Crippen LogP contribution is 2.19. The van der Waals surface area contributed by atoms with Gasteiger partial charge in [-0.3, -0.25) is 18.6 Å². The first-order chi connectivity index (χ1) is 11.6. The molecule has 124 valence electrons. The fourth-order valence-corrected chi connectivity index (χ4v) is 3.61. The zero-order valence-electron chi connectivity index (χ0n) is 13.2. The summed E-state index contributed by atoms with van der Waals surface area (Å²) < 4.78 is 3.50. The van der Waals surface area contributed by atoms with Gasteiger partial charge in [-0.1, -0.05) is 12.8 Å². The van der Waals surface area contributed by atoms with Crippen molar-refractivity contribution in [2.45, 2.75) is 31.7 Å². The lowest BCUT2D eigenvalue weighted by Gasteiger charge is -2.12. The Kier molecular flexibility index (Phi) is 3.49. The second-order valence-corrected chi connectivity index (χ2v) is 6.60. The second-order valence-electron chi connectivity index (χ2n) is 6.22. The molecular weight excluding hydrogens is 326 g/mol. The van der Waals surface area contributed by atoms with Crippen LogP contribution < -0.4 is 10.9 Å². The van der Waals surface area contributed by atoms with Gasteiger partial charge in [0, 0.05) is 18.7 Å². The third-order valence-electron chi connectivity index (χ3n) is 4.68. The molecular formula is C16H17N5O2S. The Morgan fingerprint density at radius 1 is 1.38 bits per heavy atom. The molecule has 1 fully saturated rings. The first kappa shape index (κ1) is 15.1. The highest BCUT2D eigenvalue weighted by molar-refractivity contribution is 7.71. The molecule has 24 heavy (non-hydrogen) atoms. The van der Waals surface area contributed by atoms with Crippen molar-refractivity contribution in [3.63, 3.8) is 0 Å². The number of hydrogen-bond acceptors (Lipinski definition) is 4. The number of benzene rings is 1. The summed E-state index contributed by atoms with van der Waals surface area (Å²) in [6.45, 7) is 0. The van der Waals surface area contributed by atoms with Gasteiger partial charge in [-0.05, 0) is 43.3 Å². The summed E-state index contributed by atoms with van der Waals surface area (Å²) in [5.74, 6) is 0.304. The summed E-state index contributed by atoms with van der Waals surface area (Å²) in [6.07, 6.45) is 4.36. The number of rotatable bonds is 2. The number of amides is 1. The van der Waals surface area contributed by atoms with E-state index in [9.17, 15) is 9.59 Å². The summed E-state index contributed by atoms with van der Waals surface area (Å²) in [5, 5.41) is 10.4. The molecule has 2 N–H and O–H groups in total. The number of fused-ring (bicyclic) bond motifs is 3. The maximum absolute atomic E-state index is 12.5. The van der Waals surface area contributed by atoms with Gasteiger partial charge in [0.15, 0.2) is 0 Å². The first-order valence-electron chi connectivity index (χ1n) is 7.97. The van der Waals surface area contributed by atoms with Crippen LogP contribution in [0.3, 0.4) is 0 Å². The highest BCUT2D eigenvalue weighted by Gasteiger charge is 2.19. The number of aromatic nitrogens is 4. The van der Waals surface area contributed by atoms with Gasteiger partial charge in [0.25, 0.3) is 11.5 Å². The smallest absolute Gasteiger partial charge is 0.262 e. The number of aryl methyl sites for hydroxylation is 1. The van der Waals surface area contributed by atoms with Crippen LogP contribution in [0.25, 0.3) is 16.7 Å². The number of aromatic amines is 1. The minimum atomic E-state index is -0.172. The van der Waals surface area contributed by atoms with E-state index in [4.69, 9.17) is 12.2 Å². The first-order valence-corrected chi connectivity index (χ1v) is 8.38. The third kappa shape index (κ3) is 2.25. The topological polar surface area (TPSA) is 84.2 Å². The molecule has 7 nitrogen and oxygen atoms in total. The van der Waals surface area contributed by atoms with Crippen LogP contribution in [0.1, 0.15) is 36.0 Å². The minimum absolute atomic E-state index is 0.118. The van der Waals surface area contributed by atoms with Gasteiger partial charge in [-0.15, -0.1) is 5.10 Å². The van der Waals surface area contributed by atoms with Crippen molar-refractivity contribution in [3.05, 3.63) is 38.9 Å². The predicted octanol–water partition coefficient (Wildman–Crippen LogP) is 1.92. The van der Waals surface area contributed by atoms with E-state index < -0.39 is 0 Å². The number of H-pyrrole nitrogens is 1. The molecule has 0 bridgehead atoms. The van der Waals surface area contributed by atoms with Crippen LogP contribution in [-0.4, -0.2) is 31.1 Å². The highest BCUT2D eigenvalue weighted by atomic mass is 32.1. The summed E-state index contributed by atoms with van der Waals surface area (Å²) in [5.41, 5.74) is 0.937. The van der Waals surface area contributed by atoms with Crippen LogP contribution in [0, 0.1) is 4.77 Å². The van der Waals surface area contributed by atoms with Crippen LogP contribution in [-0.2, 0) is 7.05 Å². The molecule has 1 aliphatic carbocycles. The van der Waals surface area contributed by atoms with E-state index in [1.54, 1.807) is 29.6 Å². The van der Waals surface area contributed by atoms with E-state index in [0.717, 1.165) is 25.7 Å². The van der Waals surface area contributed by atoms with Crippen LogP contribution >= 0.6 is 12.2 Å². The Morgan fingerprint density at radius 2 is 2.12 bits per heavy atom. The molecule has 0 spiro atoms. The van der Waals surface area contributed by atoms with Crippen molar-refractivity contribution in [2.75, 3.05) is 0 Å². The minimum Gasteiger partial charge on any atom is -0.349 e. The Bertz CT molecular complexity index is 1070. The average Bonchev–Trinajstić information content (AvgIpc) is 3.22. The van der Waals surface area contributed by atoms with E-state index in [-0.39, 0.29) is 17.5 Å². The van der Waals surface area contributed by atoms with Crippen LogP contribution in [0.4, 0.5) is 0 Å². The lowest BCUT2D eigenvalue weighted by atomic mass is 10.1. The zero-order chi connectivity index (χ0) is 16.8. The molecule has 1 amide bonds. The molecule has 0 atom stereocenters. The van der Waals surface area contributed by atoms with Gasteiger partial charge in [0.05, 0.1) is 10.9 Å². The van der Waals surface area contributed by atoms with Gasteiger partial charge in [0.2, 0.25) is 10.5 Å². The number of hydrogen-bond donors (Lipinski definition) is 2. The van der Waals surface area contributed by atoms with Gasteiger partial charge in [0.1, 0.15) is 0 Å². The average molecular weight is 343 g/mol. The molecule has 0 aliphatic heterocycles. The zero-order valence-corrected chi connectivity index (χ0v) is 14.0. The Labute approximate surface area is 142 Å². The van der Waals surface area contributed by atoms with Crippen LogP contribution in [0.5, 0.6) is 0 Å².